The molecule has 1 heterocycles. The summed E-state index contributed by atoms with van der Waals surface area (Å²) in [4.78, 5) is 18.2. The number of benzene rings is 2. The van der Waals surface area contributed by atoms with E-state index in [1.807, 2.05) is 37.3 Å². The maximum atomic E-state index is 12.4. The average molecular weight is 365 g/mol. The summed E-state index contributed by atoms with van der Waals surface area (Å²) < 4.78 is 5.24. The SMILES string of the molecule is CCOC(=O)c1c(/N=C/c2c(O)ccc3ccccc23)sc2c1CCC2. The zero-order valence-electron chi connectivity index (χ0n) is 14.5. The lowest BCUT2D eigenvalue weighted by molar-refractivity contribution is 0.0527. The zero-order chi connectivity index (χ0) is 18.1. The highest BCUT2D eigenvalue weighted by Crippen LogP contribution is 2.41. The van der Waals surface area contributed by atoms with Gasteiger partial charge in [0.1, 0.15) is 10.8 Å². The molecule has 0 atom stereocenters. The Labute approximate surface area is 155 Å². The highest BCUT2D eigenvalue weighted by Gasteiger charge is 2.27. The van der Waals surface area contributed by atoms with Gasteiger partial charge in [-0.2, -0.15) is 0 Å². The van der Waals surface area contributed by atoms with E-state index in [0.717, 1.165) is 35.6 Å². The molecule has 0 aliphatic heterocycles. The molecule has 0 fully saturated rings. The van der Waals surface area contributed by atoms with E-state index in [4.69, 9.17) is 4.74 Å². The van der Waals surface area contributed by atoms with Crippen LogP contribution in [0.15, 0.2) is 41.4 Å². The minimum Gasteiger partial charge on any atom is -0.507 e. The predicted octanol–water partition coefficient (Wildman–Crippen LogP) is 5.02. The third-order valence-electron chi connectivity index (χ3n) is 4.64. The summed E-state index contributed by atoms with van der Waals surface area (Å²) in [5, 5.41) is 12.9. The van der Waals surface area contributed by atoms with E-state index in [1.54, 1.807) is 23.6 Å². The number of esters is 1. The van der Waals surface area contributed by atoms with Crippen molar-refractivity contribution in [3.63, 3.8) is 0 Å². The number of phenolic OH excluding ortho intramolecular Hbond substituents is 1. The van der Waals surface area contributed by atoms with E-state index in [1.165, 1.54) is 4.88 Å². The van der Waals surface area contributed by atoms with Crippen LogP contribution >= 0.6 is 11.3 Å². The standard InChI is InChI=1S/C21H19NO3S/c1-2-25-21(24)19-15-8-5-9-18(15)26-20(19)22-12-16-14-7-4-3-6-13(14)10-11-17(16)23/h3-4,6-7,10-12,23H,2,5,8-9H2,1H3/b22-12+. The fraction of sp³-hybridized carbons (Fsp3) is 0.238. The fourth-order valence-corrected chi connectivity index (χ4v) is 4.66. The molecule has 0 saturated carbocycles. The Morgan fingerprint density at radius 1 is 1.27 bits per heavy atom. The summed E-state index contributed by atoms with van der Waals surface area (Å²) in [6.07, 6.45) is 4.61. The van der Waals surface area contributed by atoms with Crippen molar-refractivity contribution in [1.82, 2.24) is 0 Å². The van der Waals surface area contributed by atoms with Gasteiger partial charge < -0.3 is 9.84 Å². The smallest absolute Gasteiger partial charge is 0.341 e. The molecule has 4 rings (SSSR count). The molecule has 132 valence electrons. The Balaban J connectivity index is 1.79. The second-order valence-corrected chi connectivity index (χ2v) is 7.32. The third kappa shape index (κ3) is 2.88. The number of aryl methyl sites for hydroxylation is 1. The van der Waals surface area contributed by atoms with Crippen LogP contribution in [-0.4, -0.2) is 23.9 Å². The van der Waals surface area contributed by atoms with E-state index in [9.17, 15) is 9.90 Å². The first kappa shape index (κ1) is 16.8. The van der Waals surface area contributed by atoms with Crippen molar-refractivity contribution >= 4 is 39.3 Å². The number of carbonyl (C=O) groups excluding carboxylic acids is 1. The third-order valence-corrected chi connectivity index (χ3v) is 5.84. The molecule has 2 aromatic carbocycles. The van der Waals surface area contributed by atoms with Crippen molar-refractivity contribution < 1.29 is 14.6 Å². The van der Waals surface area contributed by atoms with Crippen LogP contribution in [0.25, 0.3) is 10.8 Å². The Hall–Kier alpha value is -2.66. The molecule has 0 unspecified atom stereocenters. The second kappa shape index (κ2) is 6.92. The van der Waals surface area contributed by atoms with E-state index in [2.05, 4.69) is 4.99 Å². The first-order valence-corrected chi connectivity index (χ1v) is 9.57. The van der Waals surface area contributed by atoms with Gasteiger partial charge in [0.05, 0.1) is 12.2 Å². The van der Waals surface area contributed by atoms with Crippen LogP contribution in [0.2, 0.25) is 0 Å². The number of thiophene rings is 1. The van der Waals surface area contributed by atoms with E-state index < -0.39 is 0 Å². The monoisotopic (exact) mass is 365 g/mol. The van der Waals surface area contributed by atoms with Crippen molar-refractivity contribution in [2.75, 3.05) is 6.61 Å². The molecule has 4 nitrogen and oxygen atoms in total. The van der Waals surface area contributed by atoms with Crippen LogP contribution in [0.5, 0.6) is 5.75 Å². The molecule has 0 spiro atoms. The maximum absolute atomic E-state index is 12.4. The first-order chi connectivity index (χ1) is 12.7. The number of hydrogen-bond donors (Lipinski definition) is 1. The molecule has 1 aromatic heterocycles. The van der Waals surface area contributed by atoms with E-state index in [0.29, 0.717) is 22.7 Å². The highest BCUT2D eigenvalue weighted by molar-refractivity contribution is 7.16. The lowest BCUT2D eigenvalue weighted by Crippen LogP contribution is -2.06. The number of aromatic hydroxyl groups is 1. The summed E-state index contributed by atoms with van der Waals surface area (Å²) in [6.45, 7) is 2.15. The van der Waals surface area contributed by atoms with Crippen molar-refractivity contribution in [3.8, 4) is 5.75 Å². The van der Waals surface area contributed by atoms with Crippen LogP contribution in [0.3, 0.4) is 0 Å². The van der Waals surface area contributed by atoms with Crippen molar-refractivity contribution in [2.24, 2.45) is 4.99 Å². The Morgan fingerprint density at radius 2 is 2.12 bits per heavy atom. The second-order valence-electron chi connectivity index (χ2n) is 6.24. The molecule has 1 N–H and O–H groups in total. The van der Waals surface area contributed by atoms with E-state index in [-0.39, 0.29) is 11.7 Å². The van der Waals surface area contributed by atoms with Crippen LogP contribution in [0.1, 0.15) is 39.7 Å². The van der Waals surface area contributed by atoms with Crippen LogP contribution in [0.4, 0.5) is 5.00 Å². The minimum atomic E-state index is -0.304. The van der Waals surface area contributed by atoms with Gasteiger partial charge in [0.2, 0.25) is 0 Å². The summed E-state index contributed by atoms with van der Waals surface area (Å²) >= 11 is 1.55. The molecule has 0 amide bonds. The van der Waals surface area contributed by atoms with Crippen molar-refractivity contribution in [1.29, 1.82) is 0 Å². The van der Waals surface area contributed by atoms with Crippen molar-refractivity contribution in [3.05, 3.63) is 58.0 Å². The fourth-order valence-electron chi connectivity index (χ4n) is 3.44. The molecule has 0 radical (unpaired) electrons. The summed E-state index contributed by atoms with van der Waals surface area (Å²) in [5.41, 5.74) is 2.34. The largest absolute Gasteiger partial charge is 0.507 e. The summed E-state index contributed by atoms with van der Waals surface area (Å²) in [7, 11) is 0. The van der Waals surface area contributed by atoms with Gasteiger partial charge in [-0.15, -0.1) is 11.3 Å². The topological polar surface area (TPSA) is 58.9 Å². The van der Waals surface area contributed by atoms with Gasteiger partial charge in [-0.05, 0) is 48.6 Å². The minimum absolute atomic E-state index is 0.175. The molecule has 0 saturated heterocycles. The van der Waals surface area contributed by atoms with Crippen LogP contribution < -0.4 is 0 Å². The Bertz CT molecular complexity index is 1020. The first-order valence-electron chi connectivity index (χ1n) is 8.75. The Morgan fingerprint density at radius 3 is 2.96 bits per heavy atom. The quantitative estimate of drug-likeness (QED) is 0.521. The summed E-state index contributed by atoms with van der Waals surface area (Å²) in [6, 6.07) is 11.4. The summed E-state index contributed by atoms with van der Waals surface area (Å²) in [5.74, 6) is -0.129. The number of carbonyl (C=O) groups is 1. The molecule has 26 heavy (non-hydrogen) atoms. The molecule has 3 aromatic rings. The van der Waals surface area contributed by atoms with E-state index >= 15 is 0 Å². The zero-order valence-corrected chi connectivity index (χ0v) is 15.3. The number of hydrogen-bond acceptors (Lipinski definition) is 5. The van der Waals surface area contributed by atoms with Gasteiger partial charge in [-0.25, -0.2) is 9.79 Å². The average Bonchev–Trinajstić information content (AvgIpc) is 3.21. The van der Waals surface area contributed by atoms with Crippen LogP contribution in [-0.2, 0) is 17.6 Å². The number of fused-ring (bicyclic) bond motifs is 2. The number of rotatable bonds is 4. The maximum Gasteiger partial charge on any atom is 0.341 e. The molecule has 1 aliphatic carbocycles. The normalized spacial score (nSPS) is 13.4. The Kier molecular flexibility index (Phi) is 4.47. The van der Waals surface area contributed by atoms with Crippen molar-refractivity contribution in [2.45, 2.75) is 26.2 Å². The van der Waals surface area contributed by atoms with Gasteiger partial charge >= 0.3 is 5.97 Å². The van der Waals surface area contributed by atoms with Gasteiger partial charge in [0.25, 0.3) is 0 Å². The molecular formula is C21H19NO3S. The lowest BCUT2D eigenvalue weighted by Gasteiger charge is -2.05. The van der Waals surface area contributed by atoms with Gasteiger partial charge in [0.15, 0.2) is 0 Å². The molecule has 0 bridgehead atoms. The van der Waals surface area contributed by atoms with Gasteiger partial charge in [-0.1, -0.05) is 30.3 Å². The number of aliphatic imine (C=N–C) groups is 1. The van der Waals surface area contributed by atoms with Gasteiger partial charge in [0, 0.05) is 16.7 Å². The molecule has 5 heteroatoms. The number of phenols is 1. The van der Waals surface area contributed by atoms with Gasteiger partial charge in [-0.3, -0.25) is 0 Å². The molecule has 1 aliphatic rings. The highest BCUT2D eigenvalue weighted by atomic mass is 32.1. The lowest BCUT2D eigenvalue weighted by atomic mass is 10.0. The van der Waals surface area contributed by atoms with Crippen LogP contribution in [0, 0.1) is 0 Å². The predicted molar refractivity (Wildman–Crippen MR) is 105 cm³/mol. The molecular weight excluding hydrogens is 346 g/mol. The number of ether oxygens (including phenoxy) is 1. The number of nitrogens with zero attached hydrogens (tertiary/aromatic N) is 1.